The number of amides is 1. The number of para-hydroxylation sites is 1. The topological polar surface area (TPSA) is 72.8 Å². The molecule has 1 heterocycles. The molecule has 0 unspecified atom stereocenters. The van der Waals surface area contributed by atoms with Crippen molar-refractivity contribution in [3.05, 3.63) is 78.5 Å². The maximum Gasteiger partial charge on any atom is 0.277 e. The van der Waals surface area contributed by atoms with Crippen LogP contribution in [0, 0.1) is 0 Å². The number of hydrazone groups is 1. The zero-order valence-electron chi connectivity index (χ0n) is 15.8. The van der Waals surface area contributed by atoms with Gasteiger partial charge in [-0.3, -0.25) is 9.78 Å². The average molecular weight is 385 g/mol. The Hall–Kier alpha value is -3.93. The van der Waals surface area contributed by atoms with E-state index >= 15 is 0 Å². The first-order chi connectivity index (χ1) is 14.3. The van der Waals surface area contributed by atoms with E-state index in [0.717, 1.165) is 33.0 Å². The fraction of sp³-hybridized carbons (Fsp3) is 0.0870. The van der Waals surface area contributed by atoms with Crippen LogP contribution in [0.5, 0.6) is 11.5 Å². The average Bonchev–Trinajstić information content (AvgIpc) is 2.77. The molecule has 4 aromatic rings. The van der Waals surface area contributed by atoms with Crippen molar-refractivity contribution in [2.24, 2.45) is 5.10 Å². The summed E-state index contributed by atoms with van der Waals surface area (Å²) in [7, 11) is 1.64. The number of rotatable bonds is 6. The molecule has 0 aliphatic carbocycles. The Morgan fingerprint density at radius 2 is 1.83 bits per heavy atom. The third-order valence-electron chi connectivity index (χ3n) is 4.49. The fourth-order valence-corrected chi connectivity index (χ4v) is 3.13. The number of fused-ring (bicyclic) bond motifs is 2. The normalized spacial score (nSPS) is 11.1. The number of benzene rings is 3. The van der Waals surface area contributed by atoms with Gasteiger partial charge in [-0.2, -0.15) is 5.10 Å². The van der Waals surface area contributed by atoms with E-state index in [1.54, 1.807) is 25.6 Å². The number of hydrogen-bond donors (Lipinski definition) is 1. The predicted octanol–water partition coefficient (Wildman–Crippen LogP) is 3.93. The molecule has 6 nitrogen and oxygen atoms in total. The summed E-state index contributed by atoms with van der Waals surface area (Å²) < 4.78 is 11.0. The van der Waals surface area contributed by atoms with Crippen LogP contribution in [-0.4, -0.2) is 30.8 Å². The first kappa shape index (κ1) is 18.4. The van der Waals surface area contributed by atoms with Crippen LogP contribution in [0.4, 0.5) is 0 Å². The molecular weight excluding hydrogens is 366 g/mol. The van der Waals surface area contributed by atoms with Crippen molar-refractivity contribution < 1.29 is 14.3 Å². The van der Waals surface area contributed by atoms with Crippen molar-refractivity contribution in [1.29, 1.82) is 0 Å². The zero-order chi connectivity index (χ0) is 20.1. The number of hydrogen-bond acceptors (Lipinski definition) is 5. The maximum absolute atomic E-state index is 12.1. The van der Waals surface area contributed by atoms with Gasteiger partial charge in [0.1, 0.15) is 17.0 Å². The van der Waals surface area contributed by atoms with Crippen LogP contribution in [-0.2, 0) is 4.79 Å². The molecule has 3 aromatic carbocycles. The molecular formula is C23H19N3O3. The van der Waals surface area contributed by atoms with Gasteiger partial charge in [0, 0.05) is 22.5 Å². The molecule has 0 aliphatic rings. The van der Waals surface area contributed by atoms with Crippen LogP contribution in [0.2, 0.25) is 0 Å². The summed E-state index contributed by atoms with van der Waals surface area (Å²) in [5.74, 6) is 0.995. The summed E-state index contributed by atoms with van der Waals surface area (Å²) in [6, 6.07) is 21.0. The van der Waals surface area contributed by atoms with Gasteiger partial charge in [0.05, 0.1) is 13.3 Å². The van der Waals surface area contributed by atoms with Crippen molar-refractivity contribution in [3.8, 4) is 11.5 Å². The van der Waals surface area contributed by atoms with E-state index in [-0.39, 0.29) is 12.5 Å². The Kier molecular flexibility index (Phi) is 5.33. The number of carbonyl (C=O) groups excluding carboxylic acids is 1. The second-order valence-electron chi connectivity index (χ2n) is 6.32. The van der Waals surface area contributed by atoms with Gasteiger partial charge in [0.15, 0.2) is 6.61 Å². The number of nitrogens with one attached hydrogen (secondary N) is 1. The third-order valence-corrected chi connectivity index (χ3v) is 4.49. The number of carbonyl (C=O) groups is 1. The van der Waals surface area contributed by atoms with Crippen molar-refractivity contribution >= 4 is 33.8 Å². The first-order valence-corrected chi connectivity index (χ1v) is 9.10. The summed E-state index contributed by atoms with van der Waals surface area (Å²) in [5, 5.41) is 6.99. The molecule has 0 spiro atoms. The molecule has 0 atom stereocenters. The van der Waals surface area contributed by atoms with Gasteiger partial charge in [0.2, 0.25) is 0 Å². The van der Waals surface area contributed by atoms with Crippen LogP contribution >= 0.6 is 0 Å². The Morgan fingerprint density at radius 3 is 2.69 bits per heavy atom. The van der Waals surface area contributed by atoms with E-state index in [2.05, 4.69) is 15.5 Å². The first-order valence-electron chi connectivity index (χ1n) is 9.10. The summed E-state index contributed by atoms with van der Waals surface area (Å²) in [6.45, 7) is -0.156. The molecule has 0 saturated heterocycles. The quantitative estimate of drug-likeness (QED) is 0.403. The van der Waals surface area contributed by atoms with Gasteiger partial charge >= 0.3 is 0 Å². The van der Waals surface area contributed by atoms with Crippen LogP contribution in [0.3, 0.4) is 0 Å². The van der Waals surface area contributed by atoms with E-state index in [1.165, 1.54) is 0 Å². The minimum atomic E-state index is -0.355. The Morgan fingerprint density at radius 1 is 1.00 bits per heavy atom. The van der Waals surface area contributed by atoms with Gasteiger partial charge < -0.3 is 9.47 Å². The molecule has 0 aliphatic heterocycles. The van der Waals surface area contributed by atoms with Crippen molar-refractivity contribution in [3.63, 3.8) is 0 Å². The second kappa shape index (κ2) is 8.39. The molecule has 1 aromatic heterocycles. The van der Waals surface area contributed by atoms with Gasteiger partial charge in [-0.25, -0.2) is 5.43 Å². The van der Waals surface area contributed by atoms with E-state index in [0.29, 0.717) is 5.75 Å². The highest BCUT2D eigenvalue weighted by molar-refractivity contribution is 6.02. The molecule has 0 bridgehead atoms. The smallest absolute Gasteiger partial charge is 0.277 e. The molecule has 4 rings (SSSR count). The lowest BCUT2D eigenvalue weighted by atomic mass is 10.0. The molecule has 0 saturated carbocycles. The lowest BCUT2D eigenvalue weighted by Gasteiger charge is -2.08. The summed E-state index contributed by atoms with van der Waals surface area (Å²) in [6.07, 6.45) is 3.30. The zero-order valence-corrected chi connectivity index (χ0v) is 15.8. The third kappa shape index (κ3) is 4.01. The predicted molar refractivity (Wildman–Crippen MR) is 113 cm³/mol. The minimum absolute atomic E-state index is 0.156. The lowest BCUT2D eigenvalue weighted by Crippen LogP contribution is -2.24. The molecule has 0 radical (unpaired) electrons. The molecule has 1 amide bonds. The molecule has 144 valence electrons. The highest BCUT2D eigenvalue weighted by atomic mass is 16.5. The fourth-order valence-electron chi connectivity index (χ4n) is 3.13. The molecule has 29 heavy (non-hydrogen) atoms. The van der Waals surface area contributed by atoms with Gasteiger partial charge in [-0.15, -0.1) is 0 Å². The van der Waals surface area contributed by atoms with E-state index < -0.39 is 0 Å². The lowest BCUT2D eigenvalue weighted by molar-refractivity contribution is -0.123. The van der Waals surface area contributed by atoms with Crippen LogP contribution in [0.1, 0.15) is 5.56 Å². The number of nitrogens with zero attached hydrogens (tertiary/aromatic N) is 2. The monoisotopic (exact) mass is 385 g/mol. The number of pyridine rings is 1. The number of methoxy groups -OCH3 is 1. The van der Waals surface area contributed by atoms with Crippen molar-refractivity contribution in [1.82, 2.24) is 10.4 Å². The summed E-state index contributed by atoms with van der Waals surface area (Å²) in [5.41, 5.74) is 4.09. The highest BCUT2D eigenvalue weighted by Gasteiger charge is 2.07. The van der Waals surface area contributed by atoms with Crippen molar-refractivity contribution in [2.75, 3.05) is 13.7 Å². The molecule has 0 fully saturated rings. The van der Waals surface area contributed by atoms with Crippen LogP contribution in [0.25, 0.3) is 21.7 Å². The molecule has 6 heteroatoms. The van der Waals surface area contributed by atoms with E-state index in [4.69, 9.17) is 9.47 Å². The van der Waals surface area contributed by atoms with Gasteiger partial charge in [0.25, 0.3) is 5.91 Å². The Labute approximate surface area is 167 Å². The van der Waals surface area contributed by atoms with Crippen molar-refractivity contribution in [2.45, 2.75) is 0 Å². The van der Waals surface area contributed by atoms with Crippen LogP contribution < -0.4 is 14.9 Å². The maximum atomic E-state index is 12.1. The highest BCUT2D eigenvalue weighted by Crippen LogP contribution is 2.27. The summed E-state index contributed by atoms with van der Waals surface area (Å²) in [4.78, 5) is 16.4. The van der Waals surface area contributed by atoms with E-state index in [1.807, 2.05) is 60.7 Å². The van der Waals surface area contributed by atoms with E-state index in [9.17, 15) is 4.79 Å². The molecule has 1 N–H and O–H groups in total. The SMILES string of the molecule is COc1ccc(C=NNC(=O)COc2cccc3cccnc23)c2ccccc12. The minimum Gasteiger partial charge on any atom is -0.496 e. The van der Waals surface area contributed by atoms with Crippen LogP contribution in [0.15, 0.2) is 78.0 Å². The second-order valence-corrected chi connectivity index (χ2v) is 6.32. The number of ether oxygens (including phenoxy) is 2. The Bertz CT molecular complexity index is 1200. The van der Waals surface area contributed by atoms with Gasteiger partial charge in [-0.05, 0) is 29.7 Å². The Balaban J connectivity index is 1.42. The largest absolute Gasteiger partial charge is 0.496 e. The standard InChI is InChI=1S/C23H19N3O3/c1-28-20-12-11-17(18-8-2-3-9-19(18)20)14-25-26-22(27)15-29-21-10-4-6-16-7-5-13-24-23(16)21/h2-14H,15H2,1H3,(H,26,27). The number of aromatic nitrogens is 1. The van der Waals surface area contributed by atoms with Gasteiger partial charge in [-0.1, -0.05) is 42.5 Å². The summed E-state index contributed by atoms with van der Waals surface area (Å²) >= 11 is 0.